The molecule has 0 aliphatic heterocycles. The number of hydrogen-bond acceptors (Lipinski definition) is 3. The third-order valence-electron chi connectivity index (χ3n) is 2.70. The van der Waals surface area contributed by atoms with E-state index >= 15 is 0 Å². The van der Waals surface area contributed by atoms with Crippen LogP contribution in [0.2, 0.25) is 0 Å². The molecule has 4 heteroatoms. The van der Waals surface area contributed by atoms with Gasteiger partial charge < -0.3 is 5.32 Å². The quantitative estimate of drug-likeness (QED) is 0.839. The van der Waals surface area contributed by atoms with Crippen molar-refractivity contribution in [2.24, 2.45) is 0 Å². The van der Waals surface area contributed by atoms with Crippen LogP contribution in [0.1, 0.15) is 29.8 Å². The highest BCUT2D eigenvalue weighted by atomic mass is 15.1. The molecule has 1 heterocycles. The molecule has 2 rings (SSSR count). The maximum absolute atomic E-state index is 8.72. The molecular formula is C13H14N4. The van der Waals surface area contributed by atoms with E-state index in [4.69, 9.17) is 5.26 Å². The fourth-order valence-electron chi connectivity index (χ4n) is 1.61. The lowest BCUT2D eigenvalue weighted by molar-refractivity contribution is 0.567. The second kappa shape index (κ2) is 5.28. The smallest absolute Gasteiger partial charge is 0.0991 e. The zero-order valence-electron chi connectivity index (χ0n) is 9.64. The van der Waals surface area contributed by atoms with E-state index in [1.54, 1.807) is 6.20 Å². The Morgan fingerprint density at radius 3 is 2.71 bits per heavy atom. The van der Waals surface area contributed by atoms with Gasteiger partial charge in [-0.15, -0.1) is 0 Å². The molecule has 0 amide bonds. The van der Waals surface area contributed by atoms with E-state index in [2.05, 4.69) is 28.5 Å². The Labute approximate surface area is 100 Å². The molecule has 86 valence electrons. The van der Waals surface area contributed by atoms with Crippen molar-refractivity contribution in [3.05, 3.63) is 53.3 Å². The minimum Gasteiger partial charge on any atom is -0.305 e. The average molecular weight is 226 g/mol. The van der Waals surface area contributed by atoms with Crippen LogP contribution in [0.3, 0.4) is 0 Å². The first-order chi connectivity index (χ1) is 8.29. The zero-order valence-corrected chi connectivity index (χ0v) is 9.64. The van der Waals surface area contributed by atoms with Gasteiger partial charge in [-0.3, -0.25) is 5.10 Å². The zero-order chi connectivity index (χ0) is 12.1. The van der Waals surface area contributed by atoms with E-state index in [0.29, 0.717) is 5.56 Å². The molecule has 2 aromatic rings. The number of nitriles is 1. The summed E-state index contributed by atoms with van der Waals surface area (Å²) < 4.78 is 0. The van der Waals surface area contributed by atoms with Crippen LogP contribution in [0.5, 0.6) is 0 Å². The third-order valence-corrected chi connectivity index (χ3v) is 2.70. The van der Waals surface area contributed by atoms with Crippen LogP contribution in [0, 0.1) is 11.3 Å². The van der Waals surface area contributed by atoms with Gasteiger partial charge in [0.05, 0.1) is 11.6 Å². The number of H-pyrrole nitrogens is 1. The highest BCUT2D eigenvalue weighted by Gasteiger charge is 2.04. The molecule has 4 nitrogen and oxygen atoms in total. The molecule has 0 bridgehead atoms. The number of nitrogens with zero attached hydrogens (tertiary/aromatic N) is 2. The van der Waals surface area contributed by atoms with E-state index < -0.39 is 0 Å². The molecule has 17 heavy (non-hydrogen) atoms. The summed E-state index contributed by atoms with van der Waals surface area (Å²) >= 11 is 0. The molecule has 0 radical (unpaired) electrons. The first kappa shape index (κ1) is 11.4. The van der Waals surface area contributed by atoms with Crippen molar-refractivity contribution in [2.75, 3.05) is 0 Å². The fourth-order valence-corrected chi connectivity index (χ4v) is 1.61. The minimum atomic E-state index is 0.242. The molecule has 1 atom stereocenters. The van der Waals surface area contributed by atoms with Gasteiger partial charge in [0.25, 0.3) is 0 Å². The van der Waals surface area contributed by atoms with Gasteiger partial charge in [-0.25, -0.2) is 0 Å². The van der Waals surface area contributed by atoms with E-state index in [9.17, 15) is 0 Å². The average Bonchev–Trinajstić information content (AvgIpc) is 2.89. The van der Waals surface area contributed by atoms with Gasteiger partial charge in [0.15, 0.2) is 0 Å². The first-order valence-electron chi connectivity index (χ1n) is 5.51. The number of rotatable bonds is 4. The Morgan fingerprint density at radius 1 is 1.35 bits per heavy atom. The van der Waals surface area contributed by atoms with Crippen LogP contribution in [0.15, 0.2) is 36.5 Å². The molecule has 0 aliphatic rings. The van der Waals surface area contributed by atoms with E-state index in [-0.39, 0.29) is 6.04 Å². The Hall–Kier alpha value is -2.12. The van der Waals surface area contributed by atoms with Crippen molar-refractivity contribution in [2.45, 2.75) is 19.5 Å². The maximum atomic E-state index is 8.72. The standard InChI is InChI=1S/C13H14N4/c1-10(15-9-13-6-7-16-17-13)12-4-2-11(8-14)3-5-12/h2-7,10,15H,9H2,1H3,(H,16,17). The number of benzene rings is 1. The summed E-state index contributed by atoms with van der Waals surface area (Å²) in [6.45, 7) is 2.85. The number of aromatic amines is 1. The first-order valence-corrected chi connectivity index (χ1v) is 5.51. The van der Waals surface area contributed by atoms with Gasteiger partial charge in [0.1, 0.15) is 0 Å². The van der Waals surface area contributed by atoms with Crippen molar-refractivity contribution >= 4 is 0 Å². The maximum Gasteiger partial charge on any atom is 0.0991 e. The molecule has 0 spiro atoms. The summed E-state index contributed by atoms with van der Waals surface area (Å²) in [6, 6.07) is 11.9. The van der Waals surface area contributed by atoms with E-state index in [1.807, 2.05) is 30.3 Å². The summed E-state index contributed by atoms with van der Waals surface area (Å²) in [7, 11) is 0. The summed E-state index contributed by atoms with van der Waals surface area (Å²) in [4.78, 5) is 0. The van der Waals surface area contributed by atoms with Crippen molar-refractivity contribution in [1.29, 1.82) is 5.26 Å². The Morgan fingerprint density at radius 2 is 2.12 bits per heavy atom. The van der Waals surface area contributed by atoms with Crippen molar-refractivity contribution in [1.82, 2.24) is 15.5 Å². The van der Waals surface area contributed by atoms with E-state index in [1.165, 1.54) is 5.56 Å². The summed E-state index contributed by atoms with van der Waals surface area (Å²) in [5.74, 6) is 0. The molecule has 2 N–H and O–H groups in total. The van der Waals surface area contributed by atoms with Crippen LogP contribution in [0.25, 0.3) is 0 Å². The fraction of sp³-hybridized carbons (Fsp3) is 0.231. The van der Waals surface area contributed by atoms with Crippen LogP contribution >= 0.6 is 0 Å². The molecular weight excluding hydrogens is 212 g/mol. The Kier molecular flexibility index (Phi) is 3.53. The van der Waals surface area contributed by atoms with Crippen molar-refractivity contribution in [3.8, 4) is 6.07 Å². The Bertz CT molecular complexity index is 493. The van der Waals surface area contributed by atoms with Crippen LogP contribution in [-0.4, -0.2) is 10.2 Å². The highest BCUT2D eigenvalue weighted by Crippen LogP contribution is 2.13. The highest BCUT2D eigenvalue weighted by molar-refractivity contribution is 5.32. The summed E-state index contributed by atoms with van der Waals surface area (Å²) in [5, 5.41) is 18.9. The lowest BCUT2D eigenvalue weighted by Gasteiger charge is -2.13. The van der Waals surface area contributed by atoms with Gasteiger partial charge in [-0.2, -0.15) is 10.4 Å². The summed E-state index contributed by atoms with van der Waals surface area (Å²) in [6.07, 6.45) is 1.74. The van der Waals surface area contributed by atoms with Gasteiger partial charge in [-0.05, 0) is 30.7 Å². The van der Waals surface area contributed by atoms with Gasteiger partial charge >= 0.3 is 0 Å². The second-order valence-corrected chi connectivity index (χ2v) is 3.92. The number of aromatic nitrogens is 2. The summed E-state index contributed by atoms with van der Waals surface area (Å²) in [5.41, 5.74) is 2.92. The largest absolute Gasteiger partial charge is 0.305 e. The lowest BCUT2D eigenvalue weighted by Crippen LogP contribution is -2.18. The number of nitrogens with one attached hydrogen (secondary N) is 2. The topological polar surface area (TPSA) is 64.5 Å². The van der Waals surface area contributed by atoms with Crippen LogP contribution < -0.4 is 5.32 Å². The SMILES string of the molecule is CC(NCc1ccn[nH]1)c1ccc(C#N)cc1. The van der Waals surface area contributed by atoms with E-state index in [0.717, 1.165) is 12.2 Å². The second-order valence-electron chi connectivity index (χ2n) is 3.92. The minimum absolute atomic E-state index is 0.242. The van der Waals surface area contributed by atoms with Crippen molar-refractivity contribution < 1.29 is 0 Å². The normalized spacial score (nSPS) is 12.0. The molecule has 0 fully saturated rings. The van der Waals surface area contributed by atoms with Gasteiger partial charge in [0.2, 0.25) is 0 Å². The Balaban J connectivity index is 1.95. The molecule has 0 saturated carbocycles. The molecule has 0 saturated heterocycles. The molecule has 1 aromatic carbocycles. The molecule has 1 unspecified atom stereocenters. The van der Waals surface area contributed by atoms with Gasteiger partial charge in [-0.1, -0.05) is 12.1 Å². The van der Waals surface area contributed by atoms with Gasteiger partial charge in [0, 0.05) is 24.5 Å². The van der Waals surface area contributed by atoms with Crippen molar-refractivity contribution in [3.63, 3.8) is 0 Å². The predicted octanol–water partition coefficient (Wildman–Crippen LogP) is 2.13. The number of hydrogen-bond donors (Lipinski definition) is 2. The lowest BCUT2D eigenvalue weighted by atomic mass is 10.1. The molecule has 0 aliphatic carbocycles. The molecule has 1 aromatic heterocycles. The van der Waals surface area contributed by atoms with Crippen LogP contribution in [0.4, 0.5) is 0 Å². The monoisotopic (exact) mass is 226 g/mol. The van der Waals surface area contributed by atoms with Crippen LogP contribution in [-0.2, 0) is 6.54 Å². The third kappa shape index (κ3) is 2.92. The predicted molar refractivity (Wildman–Crippen MR) is 65.0 cm³/mol.